The Hall–Kier alpha value is -2.35. The van der Waals surface area contributed by atoms with Crippen LogP contribution in [-0.4, -0.2) is 6.29 Å². The fourth-order valence-corrected chi connectivity index (χ4v) is 1.77. The van der Waals surface area contributed by atoms with Crippen LogP contribution in [0.1, 0.15) is 5.56 Å². The number of anilines is 1. The number of nitrogens with zero attached hydrogens (tertiary/aromatic N) is 1. The van der Waals surface area contributed by atoms with Gasteiger partial charge in [-0.3, -0.25) is 4.79 Å². The lowest BCUT2D eigenvalue weighted by atomic mass is 10.2. The van der Waals surface area contributed by atoms with E-state index in [0.29, 0.717) is 0 Å². The first-order chi connectivity index (χ1) is 8.90. The van der Waals surface area contributed by atoms with Gasteiger partial charge in [0.15, 0.2) is 0 Å². The molecule has 0 saturated carbocycles. The van der Waals surface area contributed by atoms with Crippen molar-refractivity contribution in [1.82, 2.24) is 0 Å². The molecular weight excluding hydrogens is 222 g/mol. The van der Waals surface area contributed by atoms with Crippen LogP contribution in [0.2, 0.25) is 0 Å². The average molecular weight is 237 g/mol. The summed E-state index contributed by atoms with van der Waals surface area (Å²) in [5, 5.41) is 0. The second kappa shape index (κ2) is 6.40. The lowest BCUT2D eigenvalue weighted by Crippen LogP contribution is -2.15. The third-order valence-electron chi connectivity index (χ3n) is 2.63. The Labute approximate surface area is 107 Å². The van der Waals surface area contributed by atoms with Gasteiger partial charge in [0.1, 0.15) is 6.29 Å². The van der Waals surface area contributed by atoms with Gasteiger partial charge in [0, 0.05) is 18.4 Å². The lowest BCUT2D eigenvalue weighted by molar-refractivity contribution is -0.104. The van der Waals surface area contributed by atoms with Crippen LogP contribution in [0.5, 0.6) is 0 Å². The number of aldehydes is 1. The van der Waals surface area contributed by atoms with Crippen molar-refractivity contribution in [2.45, 2.75) is 6.54 Å². The van der Waals surface area contributed by atoms with Crippen molar-refractivity contribution in [2.24, 2.45) is 0 Å². The topological polar surface area (TPSA) is 20.3 Å². The summed E-state index contributed by atoms with van der Waals surface area (Å²) < 4.78 is 0. The predicted octanol–water partition coefficient (Wildman–Crippen LogP) is 3.41. The molecular formula is C16H15NO. The summed E-state index contributed by atoms with van der Waals surface area (Å²) in [6, 6.07) is 20.2. The third kappa shape index (κ3) is 3.32. The first-order valence-corrected chi connectivity index (χ1v) is 5.88. The second-order valence-corrected chi connectivity index (χ2v) is 3.93. The molecule has 0 unspecified atom stereocenters. The third-order valence-corrected chi connectivity index (χ3v) is 2.63. The number of carbonyl (C=O) groups excluding carboxylic acids is 1. The highest BCUT2D eigenvalue weighted by Crippen LogP contribution is 2.16. The molecule has 90 valence electrons. The summed E-state index contributed by atoms with van der Waals surface area (Å²) in [6.45, 7) is 0.745. The maximum absolute atomic E-state index is 10.5. The van der Waals surface area contributed by atoms with Gasteiger partial charge in [-0.15, -0.1) is 0 Å². The van der Waals surface area contributed by atoms with Crippen LogP contribution >= 0.6 is 0 Å². The number of carbonyl (C=O) groups is 1. The predicted molar refractivity (Wildman–Crippen MR) is 74.3 cm³/mol. The Morgan fingerprint density at radius 3 is 2.11 bits per heavy atom. The zero-order chi connectivity index (χ0) is 12.6. The minimum Gasteiger partial charge on any atom is -0.343 e. The number of hydrogen-bond donors (Lipinski definition) is 0. The van der Waals surface area contributed by atoms with E-state index in [2.05, 4.69) is 12.1 Å². The van der Waals surface area contributed by atoms with Gasteiger partial charge in [0.25, 0.3) is 0 Å². The minimum atomic E-state index is 0.745. The van der Waals surface area contributed by atoms with Gasteiger partial charge in [0.05, 0.1) is 0 Å². The molecule has 0 aliphatic rings. The second-order valence-electron chi connectivity index (χ2n) is 3.93. The van der Waals surface area contributed by atoms with Crippen molar-refractivity contribution in [1.29, 1.82) is 0 Å². The first-order valence-electron chi connectivity index (χ1n) is 5.88. The Balaban J connectivity index is 2.21. The molecule has 0 aromatic heterocycles. The van der Waals surface area contributed by atoms with Crippen molar-refractivity contribution < 1.29 is 4.79 Å². The summed E-state index contributed by atoms with van der Waals surface area (Å²) in [6.07, 6.45) is 4.10. The molecule has 2 nitrogen and oxygen atoms in total. The fourth-order valence-electron chi connectivity index (χ4n) is 1.77. The molecule has 0 fully saturated rings. The Bertz CT molecular complexity index is 505. The van der Waals surface area contributed by atoms with Gasteiger partial charge in [0.2, 0.25) is 0 Å². The Kier molecular flexibility index (Phi) is 4.31. The van der Waals surface area contributed by atoms with Gasteiger partial charge in [-0.25, -0.2) is 0 Å². The van der Waals surface area contributed by atoms with E-state index in [-0.39, 0.29) is 0 Å². The summed E-state index contributed by atoms with van der Waals surface area (Å²) in [5.74, 6) is 0. The highest BCUT2D eigenvalue weighted by Gasteiger charge is 2.02. The van der Waals surface area contributed by atoms with Crippen LogP contribution in [-0.2, 0) is 11.3 Å². The van der Waals surface area contributed by atoms with Crippen LogP contribution in [0, 0.1) is 0 Å². The van der Waals surface area contributed by atoms with E-state index in [9.17, 15) is 4.79 Å². The van der Waals surface area contributed by atoms with E-state index in [1.54, 1.807) is 6.20 Å². The standard InChI is InChI=1S/C16H15NO/c18-13-7-12-17(16-10-5-2-6-11-16)14-15-8-3-1-4-9-15/h1-13H,14H2. The van der Waals surface area contributed by atoms with Crippen molar-refractivity contribution in [2.75, 3.05) is 4.90 Å². The van der Waals surface area contributed by atoms with Gasteiger partial charge in [-0.1, -0.05) is 48.5 Å². The molecule has 0 amide bonds. The first kappa shape index (κ1) is 12.1. The van der Waals surface area contributed by atoms with E-state index in [1.807, 2.05) is 53.4 Å². The average Bonchev–Trinajstić information content (AvgIpc) is 2.45. The van der Waals surface area contributed by atoms with Crippen LogP contribution in [0.4, 0.5) is 5.69 Å². The smallest absolute Gasteiger partial charge is 0.144 e. The number of allylic oxidation sites excluding steroid dienone is 1. The number of hydrogen-bond acceptors (Lipinski definition) is 2. The summed E-state index contributed by atoms with van der Waals surface area (Å²) in [7, 11) is 0. The van der Waals surface area contributed by atoms with Crippen molar-refractivity contribution in [3.63, 3.8) is 0 Å². The van der Waals surface area contributed by atoms with Crippen molar-refractivity contribution in [3.8, 4) is 0 Å². The molecule has 0 saturated heterocycles. The highest BCUT2D eigenvalue weighted by atomic mass is 16.1. The zero-order valence-electron chi connectivity index (χ0n) is 10.1. The van der Waals surface area contributed by atoms with Gasteiger partial charge in [-0.2, -0.15) is 0 Å². The Morgan fingerprint density at radius 1 is 0.889 bits per heavy atom. The molecule has 0 bridgehead atoms. The number of benzene rings is 2. The Morgan fingerprint density at radius 2 is 1.50 bits per heavy atom. The van der Waals surface area contributed by atoms with Crippen molar-refractivity contribution >= 4 is 12.0 Å². The van der Waals surface area contributed by atoms with Crippen LogP contribution < -0.4 is 4.90 Å². The van der Waals surface area contributed by atoms with E-state index in [0.717, 1.165) is 18.5 Å². The molecule has 0 radical (unpaired) electrons. The van der Waals surface area contributed by atoms with Gasteiger partial charge in [-0.05, 0) is 23.8 Å². The largest absolute Gasteiger partial charge is 0.343 e. The van der Waals surface area contributed by atoms with Gasteiger partial charge < -0.3 is 4.90 Å². The monoisotopic (exact) mass is 237 g/mol. The van der Waals surface area contributed by atoms with Crippen LogP contribution in [0.3, 0.4) is 0 Å². The van der Waals surface area contributed by atoms with E-state index < -0.39 is 0 Å². The minimum absolute atomic E-state index is 0.745. The molecule has 0 spiro atoms. The van der Waals surface area contributed by atoms with E-state index in [1.165, 1.54) is 11.6 Å². The summed E-state index contributed by atoms with van der Waals surface area (Å²) in [4.78, 5) is 12.5. The molecule has 18 heavy (non-hydrogen) atoms. The molecule has 0 N–H and O–H groups in total. The molecule has 0 aliphatic carbocycles. The highest BCUT2D eigenvalue weighted by molar-refractivity contribution is 5.66. The SMILES string of the molecule is O=CC=CN(Cc1ccccc1)c1ccccc1. The van der Waals surface area contributed by atoms with Crippen LogP contribution in [0.15, 0.2) is 72.9 Å². The maximum Gasteiger partial charge on any atom is 0.144 e. The van der Waals surface area contributed by atoms with Gasteiger partial charge >= 0.3 is 0 Å². The number of para-hydroxylation sites is 1. The molecule has 0 atom stereocenters. The van der Waals surface area contributed by atoms with E-state index >= 15 is 0 Å². The molecule has 2 rings (SSSR count). The summed E-state index contributed by atoms with van der Waals surface area (Å²) in [5.41, 5.74) is 2.27. The van der Waals surface area contributed by atoms with Crippen molar-refractivity contribution in [3.05, 3.63) is 78.5 Å². The zero-order valence-corrected chi connectivity index (χ0v) is 10.1. The lowest BCUT2D eigenvalue weighted by Gasteiger charge is -2.20. The molecule has 2 heteroatoms. The van der Waals surface area contributed by atoms with E-state index in [4.69, 9.17) is 0 Å². The molecule has 2 aromatic rings. The molecule has 0 aliphatic heterocycles. The summed E-state index contributed by atoms with van der Waals surface area (Å²) >= 11 is 0. The quantitative estimate of drug-likeness (QED) is 0.586. The fraction of sp³-hybridized carbons (Fsp3) is 0.0625. The molecule has 0 heterocycles. The number of rotatable bonds is 5. The van der Waals surface area contributed by atoms with Crippen LogP contribution in [0.25, 0.3) is 0 Å². The normalized spacial score (nSPS) is 10.4. The maximum atomic E-state index is 10.5. The molecule has 2 aromatic carbocycles.